The zero-order valence-corrected chi connectivity index (χ0v) is 14.0. The summed E-state index contributed by atoms with van der Waals surface area (Å²) in [5.74, 6) is 0.762. The predicted octanol–water partition coefficient (Wildman–Crippen LogP) is 1.06. The minimum atomic E-state index is -3.63. The number of nitrogens with one attached hydrogen (secondary N) is 1. The van der Waals surface area contributed by atoms with Crippen LogP contribution < -0.4 is 10.5 Å². The Hall–Kier alpha value is -2.52. The lowest BCUT2D eigenvalue weighted by Gasteiger charge is -2.06. The number of aryl methyl sites for hydroxylation is 2. The first-order valence-corrected chi connectivity index (χ1v) is 8.98. The van der Waals surface area contributed by atoms with Crippen molar-refractivity contribution in [2.45, 2.75) is 17.7 Å². The van der Waals surface area contributed by atoms with Crippen molar-refractivity contribution in [2.24, 2.45) is 12.2 Å². The molecule has 0 radical (unpaired) electrons. The van der Waals surface area contributed by atoms with Crippen molar-refractivity contribution >= 4 is 26.9 Å². The third-order valence-corrected chi connectivity index (χ3v) is 4.55. The standard InChI is InChI=1S/C15H18N6O2S/c1-21-9-13-14(18-10-19-15(13)20-21)17-8-2-3-11-4-6-12(7-5-11)24(16,22)23/h4-7,9-10H,2-3,8H2,1H3,(H2,16,22,23)(H,17,18,19,20). The predicted molar refractivity (Wildman–Crippen MR) is 90.9 cm³/mol. The monoisotopic (exact) mass is 346 g/mol. The molecule has 0 saturated heterocycles. The highest BCUT2D eigenvalue weighted by atomic mass is 32.2. The number of benzene rings is 1. The molecule has 3 rings (SSSR count). The Bertz CT molecular complexity index is 950. The molecule has 0 saturated carbocycles. The van der Waals surface area contributed by atoms with Crippen LogP contribution in [0.5, 0.6) is 0 Å². The largest absolute Gasteiger partial charge is 0.369 e. The number of rotatable bonds is 6. The minimum Gasteiger partial charge on any atom is -0.369 e. The minimum absolute atomic E-state index is 0.129. The number of hydrogen-bond donors (Lipinski definition) is 2. The van der Waals surface area contributed by atoms with Crippen molar-refractivity contribution in [1.82, 2.24) is 19.7 Å². The molecule has 0 amide bonds. The molecule has 0 aliphatic heterocycles. The number of nitrogens with two attached hydrogens (primary N) is 1. The summed E-state index contributed by atoms with van der Waals surface area (Å²) in [6, 6.07) is 6.62. The maximum absolute atomic E-state index is 11.2. The molecule has 0 bridgehead atoms. The average Bonchev–Trinajstić information content (AvgIpc) is 2.92. The Morgan fingerprint density at radius 2 is 1.96 bits per heavy atom. The summed E-state index contributed by atoms with van der Waals surface area (Å²) < 4.78 is 24.1. The number of sulfonamides is 1. The van der Waals surface area contributed by atoms with E-state index in [-0.39, 0.29) is 4.90 Å². The van der Waals surface area contributed by atoms with Gasteiger partial charge in [-0.1, -0.05) is 12.1 Å². The molecule has 2 aromatic heterocycles. The first kappa shape index (κ1) is 16.3. The summed E-state index contributed by atoms with van der Waals surface area (Å²) in [7, 11) is -1.79. The van der Waals surface area contributed by atoms with Crippen molar-refractivity contribution in [2.75, 3.05) is 11.9 Å². The van der Waals surface area contributed by atoms with E-state index in [1.807, 2.05) is 13.2 Å². The van der Waals surface area contributed by atoms with Crippen LogP contribution in [0.1, 0.15) is 12.0 Å². The van der Waals surface area contributed by atoms with Crippen molar-refractivity contribution in [3.8, 4) is 0 Å². The van der Waals surface area contributed by atoms with Crippen molar-refractivity contribution in [3.63, 3.8) is 0 Å². The van der Waals surface area contributed by atoms with Gasteiger partial charge in [0.25, 0.3) is 0 Å². The molecule has 3 N–H and O–H groups in total. The summed E-state index contributed by atoms with van der Waals surface area (Å²) in [5, 5.41) is 13.5. The van der Waals surface area contributed by atoms with Crippen LogP contribution in [0.3, 0.4) is 0 Å². The first-order chi connectivity index (χ1) is 11.4. The van der Waals surface area contributed by atoms with Gasteiger partial charge in [-0.15, -0.1) is 0 Å². The number of primary sulfonamides is 1. The van der Waals surface area contributed by atoms with E-state index < -0.39 is 10.0 Å². The molecule has 8 nitrogen and oxygen atoms in total. The average molecular weight is 346 g/mol. The lowest BCUT2D eigenvalue weighted by Crippen LogP contribution is -2.12. The van der Waals surface area contributed by atoms with Gasteiger partial charge in [-0.05, 0) is 30.5 Å². The van der Waals surface area contributed by atoms with E-state index >= 15 is 0 Å². The van der Waals surface area contributed by atoms with Crippen LogP contribution in [-0.2, 0) is 23.5 Å². The second kappa shape index (κ2) is 6.54. The molecule has 2 heterocycles. The van der Waals surface area contributed by atoms with Crippen LogP contribution in [0.15, 0.2) is 41.7 Å². The summed E-state index contributed by atoms with van der Waals surface area (Å²) in [6.45, 7) is 0.734. The van der Waals surface area contributed by atoms with Gasteiger partial charge in [-0.25, -0.2) is 23.5 Å². The SMILES string of the molecule is Cn1cc2c(NCCCc3ccc(S(N)(=O)=O)cc3)ncnc2n1. The molecule has 9 heteroatoms. The highest BCUT2D eigenvalue weighted by Gasteiger charge is 2.08. The Balaban J connectivity index is 1.57. The van der Waals surface area contributed by atoms with Crippen LogP contribution in [0, 0.1) is 0 Å². The van der Waals surface area contributed by atoms with Crippen LogP contribution in [0.2, 0.25) is 0 Å². The van der Waals surface area contributed by atoms with E-state index in [2.05, 4.69) is 20.4 Å². The summed E-state index contributed by atoms with van der Waals surface area (Å²) in [6.07, 6.45) is 5.06. The molecule has 0 spiro atoms. The van der Waals surface area contributed by atoms with E-state index in [0.717, 1.165) is 36.2 Å². The van der Waals surface area contributed by atoms with Gasteiger partial charge in [0, 0.05) is 19.8 Å². The molecule has 3 aromatic rings. The number of anilines is 1. The fourth-order valence-corrected chi connectivity index (χ4v) is 2.95. The second-order valence-electron chi connectivity index (χ2n) is 5.48. The summed E-state index contributed by atoms with van der Waals surface area (Å²) in [5.41, 5.74) is 1.71. The topological polar surface area (TPSA) is 116 Å². The molecule has 126 valence electrons. The van der Waals surface area contributed by atoms with Gasteiger partial charge in [0.1, 0.15) is 12.1 Å². The van der Waals surface area contributed by atoms with Gasteiger partial charge in [0.2, 0.25) is 10.0 Å². The molecule has 0 aliphatic rings. The molecule has 0 aliphatic carbocycles. The number of fused-ring (bicyclic) bond motifs is 1. The number of hydrogen-bond acceptors (Lipinski definition) is 6. The molecule has 0 unspecified atom stereocenters. The molecular weight excluding hydrogens is 328 g/mol. The van der Waals surface area contributed by atoms with E-state index in [0.29, 0.717) is 5.65 Å². The van der Waals surface area contributed by atoms with E-state index in [9.17, 15) is 8.42 Å². The second-order valence-corrected chi connectivity index (χ2v) is 7.04. The van der Waals surface area contributed by atoms with E-state index in [4.69, 9.17) is 5.14 Å². The molecule has 24 heavy (non-hydrogen) atoms. The zero-order chi connectivity index (χ0) is 17.2. The fourth-order valence-electron chi connectivity index (χ4n) is 2.44. The molecule has 0 fully saturated rings. The van der Waals surface area contributed by atoms with Gasteiger partial charge in [0.05, 0.1) is 10.3 Å². The smallest absolute Gasteiger partial charge is 0.238 e. The maximum atomic E-state index is 11.2. The van der Waals surface area contributed by atoms with Gasteiger partial charge in [0.15, 0.2) is 5.65 Å². The van der Waals surface area contributed by atoms with Gasteiger partial charge in [-0.3, -0.25) is 4.68 Å². The summed E-state index contributed by atoms with van der Waals surface area (Å²) >= 11 is 0. The van der Waals surface area contributed by atoms with E-state index in [1.165, 1.54) is 18.5 Å². The van der Waals surface area contributed by atoms with Crippen molar-refractivity contribution in [1.29, 1.82) is 0 Å². The Labute approximate surface area is 139 Å². The van der Waals surface area contributed by atoms with Crippen LogP contribution in [0.25, 0.3) is 11.0 Å². The first-order valence-electron chi connectivity index (χ1n) is 7.43. The Morgan fingerprint density at radius 3 is 2.67 bits per heavy atom. The van der Waals surface area contributed by atoms with Gasteiger partial charge < -0.3 is 5.32 Å². The normalized spacial score (nSPS) is 11.8. The highest BCUT2D eigenvalue weighted by molar-refractivity contribution is 7.89. The maximum Gasteiger partial charge on any atom is 0.238 e. The van der Waals surface area contributed by atoms with Crippen LogP contribution in [0.4, 0.5) is 5.82 Å². The zero-order valence-electron chi connectivity index (χ0n) is 13.2. The lowest BCUT2D eigenvalue weighted by molar-refractivity contribution is 0.597. The van der Waals surface area contributed by atoms with Crippen LogP contribution in [-0.4, -0.2) is 34.7 Å². The Morgan fingerprint density at radius 1 is 1.21 bits per heavy atom. The fraction of sp³-hybridized carbons (Fsp3) is 0.267. The quantitative estimate of drug-likeness (QED) is 0.645. The third-order valence-electron chi connectivity index (χ3n) is 3.62. The van der Waals surface area contributed by atoms with Crippen molar-refractivity contribution in [3.05, 3.63) is 42.4 Å². The Kier molecular flexibility index (Phi) is 4.45. The highest BCUT2D eigenvalue weighted by Crippen LogP contribution is 2.17. The number of nitrogens with zero attached hydrogens (tertiary/aromatic N) is 4. The lowest BCUT2D eigenvalue weighted by atomic mass is 10.1. The van der Waals surface area contributed by atoms with Crippen molar-refractivity contribution < 1.29 is 8.42 Å². The number of aromatic nitrogens is 4. The van der Waals surface area contributed by atoms with Gasteiger partial charge >= 0.3 is 0 Å². The third kappa shape index (κ3) is 3.69. The van der Waals surface area contributed by atoms with Gasteiger partial charge in [-0.2, -0.15) is 5.10 Å². The molecule has 1 aromatic carbocycles. The molecular formula is C15H18N6O2S. The molecule has 0 atom stereocenters. The van der Waals surface area contributed by atoms with Crippen LogP contribution >= 0.6 is 0 Å². The van der Waals surface area contributed by atoms with E-state index in [1.54, 1.807) is 16.8 Å². The summed E-state index contributed by atoms with van der Waals surface area (Å²) in [4.78, 5) is 8.50.